The molecule has 0 spiro atoms. The molecule has 4 nitrogen and oxygen atoms in total. The van der Waals surface area contributed by atoms with Crippen LogP contribution >= 0.6 is 0 Å². The van der Waals surface area contributed by atoms with Gasteiger partial charge >= 0.3 is 5.97 Å². The monoisotopic (exact) mass is 286 g/mol. The summed E-state index contributed by atoms with van der Waals surface area (Å²) in [5.41, 5.74) is 5.19. The van der Waals surface area contributed by atoms with Gasteiger partial charge in [-0.25, -0.2) is 0 Å². The van der Waals surface area contributed by atoms with Gasteiger partial charge in [-0.3, -0.25) is 4.79 Å². The lowest BCUT2D eigenvalue weighted by molar-refractivity contribution is -0.149. The van der Waals surface area contributed by atoms with E-state index in [0.29, 0.717) is 13.0 Å². The minimum atomic E-state index is -0.850. The van der Waals surface area contributed by atoms with E-state index in [4.69, 9.17) is 10.5 Å². The summed E-state index contributed by atoms with van der Waals surface area (Å²) in [4.78, 5) is 14.2. The largest absolute Gasteiger partial charge is 0.465 e. The van der Waals surface area contributed by atoms with Crippen molar-refractivity contribution in [2.75, 3.05) is 26.2 Å². The van der Waals surface area contributed by atoms with Crippen molar-refractivity contribution < 1.29 is 9.53 Å². The normalized spacial score (nSPS) is 14.3. The van der Waals surface area contributed by atoms with Crippen molar-refractivity contribution in [3.05, 3.63) is 0 Å². The van der Waals surface area contributed by atoms with E-state index < -0.39 is 5.54 Å². The van der Waals surface area contributed by atoms with Crippen LogP contribution in [-0.2, 0) is 9.53 Å². The van der Waals surface area contributed by atoms with Crippen LogP contribution in [-0.4, -0.2) is 42.6 Å². The number of carbonyl (C=O) groups is 1. The van der Waals surface area contributed by atoms with Gasteiger partial charge in [-0.1, -0.05) is 26.7 Å². The lowest BCUT2D eigenvalue weighted by atomic mass is 9.97. The molecule has 120 valence electrons. The van der Waals surface area contributed by atoms with Crippen LogP contribution in [0, 0.1) is 0 Å². The zero-order chi connectivity index (χ0) is 15.4. The molecule has 0 heterocycles. The van der Waals surface area contributed by atoms with Crippen LogP contribution in [0.15, 0.2) is 0 Å². The third kappa shape index (κ3) is 8.54. The van der Waals surface area contributed by atoms with Crippen LogP contribution in [0.2, 0.25) is 0 Å². The van der Waals surface area contributed by atoms with E-state index in [0.717, 1.165) is 26.1 Å². The Morgan fingerprint density at radius 2 is 1.55 bits per heavy atom. The Hall–Kier alpha value is -0.610. The Morgan fingerprint density at radius 1 is 1.05 bits per heavy atom. The van der Waals surface area contributed by atoms with Gasteiger partial charge in [0.2, 0.25) is 0 Å². The maximum atomic E-state index is 11.7. The predicted molar refractivity (Wildman–Crippen MR) is 84.7 cm³/mol. The van der Waals surface area contributed by atoms with E-state index >= 15 is 0 Å². The molecule has 0 bridgehead atoms. The van der Waals surface area contributed by atoms with Crippen molar-refractivity contribution >= 4 is 5.97 Å². The van der Waals surface area contributed by atoms with Gasteiger partial charge < -0.3 is 15.4 Å². The molecule has 0 aliphatic heterocycles. The highest BCUT2D eigenvalue weighted by Crippen LogP contribution is 2.12. The lowest BCUT2D eigenvalue weighted by Crippen LogP contribution is -2.46. The highest BCUT2D eigenvalue weighted by Gasteiger charge is 2.29. The first kappa shape index (κ1) is 19.4. The Bertz CT molecular complexity index is 247. The molecule has 0 radical (unpaired) electrons. The minimum Gasteiger partial charge on any atom is -0.465 e. The van der Waals surface area contributed by atoms with Gasteiger partial charge in [-0.05, 0) is 59.2 Å². The molecule has 0 fully saturated rings. The summed E-state index contributed by atoms with van der Waals surface area (Å²) >= 11 is 0. The average molecular weight is 286 g/mol. The lowest BCUT2D eigenvalue weighted by Gasteiger charge is -2.25. The second-order valence-electron chi connectivity index (χ2n) is 5.79. The number of nitrogens with two attached hydrogens (primary N) is 1. The minimum absolute atomic E-state index is 0.284. The SMILES string of the molecule is CCCCN(CCCC)CCCC(C)(N)C(=O)OCC. The number of ether oxygens (including phenoxy) is 1. The molecule has 0 aliphatic carbocycles. The molecule has 0 saturated carbocycles. The van der Waals surface area contributed by atoms with Crippen LogP contribution in [0.25, 0.3) is 0 Å². The Balaban J connectivity index is 4.09. The maximum absolute atomic E-state index is 11.7. The second-order valence-corrected chi connectivity index (χ2v) is 5.79. The van der Waals surface area contributed by atoms with E-state index in [-0.39, 0.29) is 5.97 Å². The van der Waals surface area contributed by atoms with Gasteiger partial charge in [0, 0.05) is 0 Å². The zero-order valence-electron chi connectivity index (χ0n) is 13.9. The smallest absolute Gasteiger partial charge is 0.325 e. The number of carbonyl (C=O) groups excluding carboxylic acids is 1. The molecule has 1 atom stereocenters. The summed E-state index contributed by atoms with van der Waals surface area (Å²) in [7, 11) is 0. The molecule has 0 aliphatic rings. The van der Waals surface area contributed by atoms with Crippen molar-refractivity contribution in [1.82, 2.24) is 4.90 Å². The molecule has 0 aromatic heterocycles. The standard InChI is InChI=1S/C16H34N2O2/c1-5-8-12-18(13-9-6-2)14-10-11-16(4,17)15(19)20-7-3/h5-14,17H2,1-4H3. The quantitative estimate of drug-likeness (QED) is 0.560. The number of nitrogens with zero attached hydrogens (tertiary/aromatic N) is 1. The molecule has 0 amide bonds. The van der Waals surface area contributed by atoms with Gasteiger partial charge in [0.05, 0.1) is 6.61 Å². The number of hydrogen-bond donors (Lipinski definition) is 1. The number of rotatable bonds is 12. The summed E-state index contributed by atoms with van der Waals surface area (Å²) in [6.45, 7) is 11.7. The highest BCUT2D eigenvalue weighted by molar-refractivity contribution is 5.79. The van der Waals surface area contributed by atoms with Crippen LogP contribution in [0.4, 0.5) is 0 Å². The van der Waals surface area contributed by atoms with Crippen LogP contribution in [0.3, 0.4) is 0 Å². The molecular formula is C16H34N2O2. The van der Waals surface area contributed by atoms with Gasteiger partial charge in [0.15, 0.2) is 0 Å². The average Bonchev–Trinajstić information content (AvgIpc) is 2.41. The van der Waals surface area contributed by atoms with E-state index in [1.165, 1.54) is 25.7 Å². The summed E-state index contributed by atoms with van der Waals surface area (Å²) < 4.78 is 5.02. The molecule has 1 unspecified atom stereocenters. The first-order valence-corrected chi connectivity index (χ1v) is 8.16. The molecule has 0 aromatic carbocycles. The van der Waals surface area contributed by atoms with E-state index in [1.54, 1.807) is 6.92 Å². The van der Waals surface area contributed by atoms with E-state index in [2.05, 4.69) is 18.7 Å². The molecule has 4 heteroatoms. The fourth-order valence-corrected chi connectivity index (χ4v) is 2.17. The Labute approximate surface area is 125 Å². The van der Waals surface area contributed by atoms with Gasteiger partial charge in [-0.2, -0.15) is 0 Å². The predicted octanol–water partition coefficient (Wildman–Crippen LogP) is 2.95. The first-order valence-electron chi connectivity index (χ1n) is 8.16. The van der Waals surface area contributed by atoms with Gasteiger partial charge in [0.25, 0.3) is 0 Å². The van der Waals surface area contributed by atoms with Crippen LogP contribution in [0.1, 0.15) is 66.2 Å². The molecule has 20 heavy (non-hydrogen) atoms. The number of unbranched alkanes of at least 4 members (excludes halogenated alkanes) is 2. The Morgan fingerprint density at radius 3 is 2.00 bits per heavy atom. The van der Waals surface area contributed by atoms with Gasteiger partial charge in [0.1, 0.15) is 5.54 Å². The molecule has 0 aromatic rings. The Kier molecular flexibility index (Phi) is 10.8. The van der Waals surface area contributed by atoms with E-state index in [9.17, 15) is 4.79 Å². The molecule has 2 N–H and O–H groups in total. The van der Waals surface area contributed by atoms with Crippen molar-refractivity contribution in [3.63, 3.8) is 0 Å². The second kappa shape index (κ2) is 11.1. The summed E-state index contributed by atoms with van der Waals surface area (Å²) in [5, 5.41) is 0. The molecular weight excluding hydrogens is 252 g/mol. The fourth-order valence-electron chi connectivity index (χ4n) is 2.17. The summed E-state index contributed by atoms with van der Waals surface area (Å²) in [5.74, 6) is -0.284. The maximum Gasteiger partial charge on any atom is 0.325 e. The van der Waals surface area contributed by atoms with Crippen molar-refractivity contribution in [1.29, 1.82) is 0 Å². The van der Waals surface area contributed by atoms with E-state index in [1.807, 2.05) is 6.92 Å². The van der Waals surface area contributed by atoms with Crippen molar-refractivity contribution in [2.24, 2.45) is 5.73 Å². The third-order valence-corrected chi connectivity index (χ3v) is 3.57. The van der Waals surface area contributed by atoms with Crippen LogP contribution < -0.4 is 5.73 Å². The zero-order valence-corrected chi connectivity index (χ0v) is 13.9. The van der Waals surface area contributed by atoms with Crippen LogP contribution in [0.5, 0.6) is 0 Å². The summed E-state index contributed by atoms with van der Waals surface area (Å²) in [6, 6.07) is 0. The highest BCUT2D eigenvalue weighted by atomic mass is 16.5. The fraction of sp³-hybridized carbons (Fsp3) is 0.938. The van der Waals surface area contributed by atoms with Crippen molar-refractivity contribution in [2.45, 2.75) is 71.8 Å². The number of esters is 1. The molecule has 0 rings (SSSR count). The van der Waals surface area contributed by atoms with Gasteiger partial charge in [-0.15, -0.1) is 0 Å². The third-order valence-electron chi connectivity index (χ3n) is 3.57. The first-order chi connectivity index (χ1) is 9.47. The summed E-state index contributed by atoms with van der Waals surface area (Å²) in [6.07, 6.45) is 6.54. The van der Waals surface area contributed by atoms with Crippen molar-refractivity contribution in [3.8, 4) is 0 Å². The topological polar surface area (TPSA) is 55.6 Å². The molecule has 0 saturated heterocycles. The number of hydrogen-bond acceptors (Lipinski definition) is 4.